The lowest BCUT2D eigenvalue weighted by Crippen LogP contribution is -2.54. The molecular formula is C9H18F2O3S. The van der Waals surface area contributed by atoms with Gasteiger partial charge in [0.15, 0.2) is 4.75 Å². The minimum absolute atomic E-state index is 0.200. The lowest BCUT2D eigenvalue weighted by molar-refractivity contribution is -0.0823. The summed E-state index contributed by atoms with van der Waals surface area (Å²) in [7, 11) is -3.36. The summed E-state index contributed by atoms with van der Waals surface area (Å²) in [5.74, 6) is -4.39. The Balaban J connectivity index is 5.58. The Kier molecular flexibility index (Phi) is 4.26. The molecule has 0 aliphatic carbocycles. The zero-order chi connectivity index (χ0) is 12.5. The zero-order valence-corrected chi connectivity index (χ0v) is 10.5. The predicted molar refractivity (Wildman–Crippen MR) is 54.4 cm³/mol. The number of rotatable bonds is 5. The Morgan fingerprint density at radius 2 is 1.73 bits per heavy atom. The van der Waals surface area contributed by atoms with Crippen LogP contribution >= 0.6 is 0 Å². The Morgan fingerprint density at radius 1 is 1.33 bits per heavy atom. The smallest absolute Gasteiger partial charge is 0.273 e. The van der Waals surface area contributed by atoms with Crippen LogP contribution in [0.5, 0.6) is 0 Å². The second-order valence-corrected chi connectivity index (χ2v) is 6.13. The fourth-order valence-electron chi connectivity index (χ4n) is 1.37. The van der Waals surface area contributed by atoms with Crippen molar-refractivity contribution in [3.63, 3.8) is 0 Å². The van der Waals surface area contributed by atoms with Gasteiger partial charge in [0, 0.05) is 5.92 Å². The standard InChI is InChI=1S/C9H18F2O3S/c1-6-8(4,15(12,13)14-5)9(10,11)7(2)3/h7H,6H2,1-5H3. The molecule has 0 fully saturated rings. The van der Waals surface area contributed by atoms with Gasteiger partial charge in [-0.05, 0) is 13.3 Å². The summed E-state index contributed by atoms with van der Waals surface area (Å²) in [4.78, 5) is 0. The summed E-state index contributed by atoms with van der Waals surface area (Å²) in [6.45, 7) is 5.01. The Labute approximate surface area is 89.9 Å². The third kappa shape index (κ3) is 2.15. The molecule has 0 aromatic rings. The van der Waals surface area contributed by atoms with Crippen molar-refractivity contribution in [3.05, 3.63) is 0 Å². The zero-order valence-electron chi connectivity index (χ0n) is 9.67. The quantitative estimate of drug-likeness (QED) is 0.697. The van der Waals surface area contributed by atoms with Crippen LogP contribution in [0.2, 0.25) is 0 Å². The second kappa shape index (κ2) is 4.33. The molecule has 3 nitrogen and oxygen atoms in total. The van der Waals surface area contributed by atoms with Crippen molar-refractivity contribution in [2.45, 2.75) is 44.8 Å². The number of hydrogen-bond acceptors (Lipinski definition) is 3. The number of alkyl halides is 2. The van der Waals surface area contributed by atoms with Crippen molar-refractivity contribution in [1.82, 2.24) is 0 Å². The summed E-state index contributed by atoms with van der Waals surface area (Å²) in [6.07, 6.45) is -0.200. The molecule has 0 aliphatic heterocycles. The van der Waals surface area contributed by atoms with Crippen LogP contribution in [-0.2, 0) is 14.3 Å². The third-order valence-corrected chi connectivity index (χ3v) is 4.98. The van der Waals surface area contributed by atoms with E-state index < -0.39 is 26.7 Å². The Morgan fingerprint density at radius 3 is 1.93 bits per heavy atom. The first-order valence-corrected chi connectivity index (χ1v) is 6.15. The van der Waals surface area contributed by atoms with Crippen LogP contribution in [0.25, 0.3) is 0 Å². The highest BCUT2D eigenvalue weighted by Gasteiger charge is 2.59. The Bertz CT molecular complexity index is 311. The maximum atomic E-state index is 13.8. The van der Waals surface area contributed by atoms with Gasteiger partial charge in [0.05, 0.1) is 7.11 Å². The molecule has 0 saturated heterocycles. The fourth-order valence-corrected chi connectivity index (χ4v) is 2.66. The van der Waals surface area contributed by atoms with E-state index in [1.54, 1.807) is 0 Å². The molecule has 0 amide bonds. The van der Waals surface area contributed by atoms with Gasteiger partial charge in [-0.25, -0.2) is 8.78 Å². The van der Waals surface area contributed by atoms with Gasteiger partial charge in [0.25, 0.3) is 16.0 Å². The van der Waals surface area contributed by atoms with Crippen LogP contribution in [0.3, 0.4) is 0 Å². The lowest BCUT2D eigenvalue weighted by atomic mass is 9.90. The van der Waals surface area contributed by atoms with Crippen molar-refractivity contribution >= 4 is 10.1 Å². The first kappa shape index (κ1) is 14.8. The predicted octanol–water partition coefficient (Wildman–Crippen LogP) is 2.42. The normalized spacial score (nSPS) is 17.9. The highest BCUT2D eigenvalue weighted by Crippen LogP contribution is 2.43. The van der Waals surface area contributed by atoms with Crippen LogP contribution in [-0.4, -0.2) is 26.2 Å². The van der Waals surface area contributed by atoms with Gasteiger partial charge < -0.3 is 0 Å². The molecule has 0 aromatic heterocycles. The molecule has 0 saturated carbocycles. The summed E-state index contributed by atoms with van der Waals surface area (Å²) in [6, 6.07) is 0. The molecule has 0 spiro atoms. The van der Waals surface area contributed by atoms with E-state index in [4.69, 9.17) is 0 Å². The minimum Gasteiger partial charge on any atom is -0.273 e. The van der Waals surface area contributed by atoms with Crippen LogP contribution < -0.4 is 0 Å². The van der Waals surface area contributed by atoms with Crippen molar-refractivity contribution in [2.75, 3.05) is 7.11 Å². The molecule has 6 heteroatoms. The van der Waals surface area contributed by atoms with Gasteiger partial charge in [-0.1, -0.05) is 20.8 Å². The summed E-state index contributed by atoms with van der Waals surface area (Å²) in [5, 5.41) is 0. The monoisotopic (exact) mass is 244 g/mol. The average molecular weight is 244 g/mol. The van der Waals surface area contributed by atoms with Crippen molar-refractivity contribution in [3.8, 4) is 0 Å². The minimum atomic E-state index is -4.26. The number of hydrogen-bond donors (Lipinski definition) is 0. The van der Waals surface area contributed by atoms with Crippen LogP contribution in [0.1, 0.15) is 34.1 Å². The van der Waals surface area contributed by atoms with Crippen molar-refractivity contribution in [1.29, 1.82) is 0 Å². The van der Waals surface area contributed by atoms with E-state index in [0.29, 0.717) is 0 Å². The average Bonchev–Trinajstić information content (AvgIpc) is 2.15. The van der Waals surface area contributed by atoms with E-state index in [1.165, 1.54) is 20.8 Å². The van der Waals surface area contributed by atoms with Gasteiger partial charge >= 0.3 is 0 Å². The van der Waals surface area contributed by atoms with E-state index in [9.17, 15) is 17.2 Å². The van der Waals surface area contributed by atoms with Crippen LogP contribution in [0, 0.1) is 5.92 Å². The molecule has 0 radical (unpaired) electrons. The molecule has 0 rings (SSSR count). The second-order valence-electron chi connectivity index (χ2n) is 3.98. The van der Waals surface area contributed by atoms with Gasteiger partial charge in [0.1, 0.15) is 0 Å². The summed E-state index contributed by atoms with van der Waals surface area (Å²) < 4.78 is 52.7. The topological polar surface area (TPSA) is 43.4 Å². The summed E-state index contributed by atoms with van der Waals surface area (Å²) >= 11 is 0. The molecule has 0 heterocycles. The van der Waals surface area contributed by atoms with E-state index >= 15 is 0 Å². The molecule has 15 heavy (non-hydrogen) atoms. The first-order valence-electron chi connectivity index (χ1n) is 4.74. The highest BCUT2D eigenvalue weighted by molar-refractivity contribution is 7.88. The molecule has 0 aliphatic rings. The first-order chi connectivity index (χ1) is 6.56. The van der Waals surface area contributed by atoms with Crippen molar-refractivity contribution < 1.29 is 21.4 Å². The maximum Gasteiger partial charge on any atom is 0.278 e. The van der Waals surface area contributed by atoms with Gasteiger partial charge in [0.2, 0.25) is 0 Å². The molecule has 0 N–H and O–H groups in total. The van der Waals surface area contributed by atoms with E-state index in [1.807, 2.05) is 0 Å². The highest BCUT2D eigenvalue weighted by atomic mass is 32.2. The fraction of sp³-hybridized carbons (Fsp3) is 1.00. The largest absolute Gasteiger partial charge is 0.278 e. The molecule has 92 valence electrons. The molecular weight excluding hydrogens is 226 g/mol. The van der Waals surface area contributed by atoms with E-state index in [2.05, 4.69) is 4.18 Å². The molecule has 0 bridgehead atoms. The lowest BCUT2D eigenvalue weighted by Gasteiger charge is -2.37. The van der Waals surface area contributed by atoms with Crippen LogP contribution in [0.15, 0.2) is 0 Å². The molecule has 1 unspecified atom stereocenters. The molecule has 0 aromatic carbocycles. The van der Waals surface area contributed by atoms with Gasteiger partial charge in [-0.2, -0.15) is 8.42 Å². The van der Waals surface area contributed by atoms with E-state index in [0.717, 1.165) is 14.0 Å². The van der Waals surface area contributed by atoms with Crippen LogP contribution in [0.4, 0.5) is 8.78 Å². The Hall–Kier alpha value is -0.230. The van der Waals surface area contributed by atoms with Gasteiger partial charge in [-0.3, -0.25) is 4.18 Å². The SMILES string of the molecule is CCC(C)(C(F)(F)C(C)C)S(=O)(=O)OC. The number of halogens is 2. The maximum absolute atomic E-state index is 13.8. The summed E-state index contributed by atoms with van der Waals surface area (Å²) in [5.41, 5.74) is 0. The molecule has 1 atom stereocenters. The third-order valence-electron chi connectivity index (χ3n) is 2.88. The van der Waals surface area contributed by atoms with E-state index in [-0.39, 0.29) is 6.42 Å². The van der Waals surface area contributed by atoms with Gasteiger partial charge in [-0.15, -0.1) is 0 Å². The van der Waals surface area contributed by atoms with Crippen molar-refractivity contribution in [2.24, 2.45) is 5.92 Å².